The molecule has 8 heteroatoms. The highest BCUT2D eigenvalue weighted by atomic mass is 16.6. The van der Waals surface area contributed by atoms with Crippen LogP contribution in [0, 0.1) is 0 Å². The number of amides is 3. The quantitative estimate of drug-likeness (QED) is 0.652. The number of carbonyl (C=O) groups is 2. The molecule has 2 N–H and O–H groups in total. The molecule has 3 aliphatic rings. The first-order chi connectivity index (χ1) is 16.1. The standard InChI is InChI=1S/C25H29N3O5/c1-3-4-5-6-10-26-24(30)27-17-8-7-9-18-22(17)25(23(29)28(18)2)15-33-19-14-21-20(13-16(19)25)31-11-12-32-21/h7-9,13-14H,3-6,10-12,15H2,1-2H3,(H2,26,27,30). The Morgan fingerprint density at radius 2 is 1.85 bits per heavy atom. The zero-order valence-electron chi connectivity index (χ0n) is 19.0. The van der Waals surface area contributed by atoms with Crippen LogP contribution in [0.15, 0.2) is 30.3 Å². The molecule has 2 aromatic rings. The smallest absolute Gasteiger partial charge is 0.319 e. The molecule has 0 radical (unpaired) electrons. The average molecular weight is 452 g/mol. The van der Waals surface area contributed by atoms with Crippen LogP contribution in [0.2, 0.25) is 0 Å². The minimum Gasteiger partial charge on any atom is -0.491 e. The molecule has 1 unspecified atom stereocenters. The highest BCUT2D eigenvalue weighted by Crippen LogP contribution is 2.56. The predicted molar refractivity (Wildman–Crippen MR) is 125 cm³/mol. The molecule has 0 aliphatic carbocycles. The molecule has 0 bridgehead atoms. The summed E-state index contributed by atoms with van der Waals surface area (Å²) in [5.74, 6) is 1.72. The van der Waals surface area contributed by atoms with Crippen molar-refractivity contribution in [1.82, 2.24) is 5.32 Å². The Kier molecular flexibility index (Phi) is 5.52. The number of carbonyl (C=O) groups excluding carboxylic acids is 2. The van der Waals surface area contributed by atoms with E-state index in [1.54, 1.807) is 18.0 Å². The van der Waals surface area contributed by atoms with E-state index >= 15 is 0 Å². The molecule has 0 saturated heterocycles. The van der Waals surface area contributed by atoms with E-state index in [1.165, 1.54) is 0 Å². The van der Waals surface area contributed by atoms with Crippen LogP contribution < -0.4 is 29.7 Å². The summed E-state index contributed by atoms with van der Waals surface area (Å²) in [6, 6.07) is 8.94. The van der Waals surface area contributed by atoms with Crippen molar-refractivity contribution in [3.05, 3.63) is 41.5 Å². The van der Waals surface area contributed by atoms with Crippen LogP contribution in [0.4, 0.5) is 16.2 Å². The van der Waals surface area contributed by atoms with Gasteiger partial charge in [0.1, 0.15) is 31.0 Å². The number of nitrogens with one attached hydrogen (secondary N) is 2. The molecule has 8 nitrogen and oxygen atoms in total. The maximum Gasteiger partial charge on any atom is 0.319 e. The molecule has 0 saturated carbocycles. The zero-order valence-corrected chi connectivity index (χ0v) is 19.0. The Labute approximate surface area is 193 Å². The fourth-order valence-electron chi connectivity index (χ4n) is 4.97. The highest BCUT2D eigenvalue weighted by Gasteiger charge is 2.57. The van der Waals surface area contributed by atoms with Gasteiger partial charge in [-0.05, 0) is 24.6 Å². The number of unbranched alkanes of at least 4 members (excludes halogenated alkanes) is 3. The lowest BCUT2D eigenvalue weighted by Crippen LogP contribution is -2.41. The zero-order chi connectivity index (χ0) is 23.0. The summed E-state index contributed by atoms with van der Waals surface area (Å²) in [7, 11) is 1.75. The summed E-state index contributed by atoms with van der Waals surface area (Å²) in [6.07, 6.45) is 4.33. The number of hydrogen-bond donors (Lipinski definition) is 2. The Hall–Kier alpha value is -3.42. The lowest BCUT2D eigenvalue weighted by molar-refractivity contribution is -0.121. The number of urea groups is 1. The number of ether oxygens (including phenoxy) is 3. The Morgan fingerprint density at radius 3 is 2.64 bits per heavy atom. The van der Waals surface area contributed by atoms with E-state index < -0.39 is 5.41 Å². The van der Waals surface area contributed by atoms with E-state index in [1.807, 2.05) is 24.3 Å². The van der Waals surface area contributed by atoms with Crippen molar-refractivity contribution in [2.45, 2.75) is 38.0 Å². The molecule has 0 fully saturated rings. The van der Waals surface area contributed by atoms with E-state index in [9.17, 15) is 9.59 Å². The first kappa shape index (κ1) is 21.4. The molecule has 33 heavy (non-hydrogen) atoms. The van der Waals surface area contributed by atoms with Gasteiger partial charge >= 0.3 is 6.03 Å². The Bertz CT molecular complexity index is 1100. The first-order valence-corrected chi connectivity index (χ1v) is 11.6. The normalized spacial score (nSPS) is 19.8. The Morgan fingerprint density at radius 1 is 1.06 bits per heavy atom. The SMILES string of the molecule is CCCCCCNC(=O)Nc1cccc2c1C1(COc3cc4c(cc31)OCCO4)C(=O)N2C. The summed E-state index contributed by atoms with van der Waals surface area (Å²) in [6.45, 7) is 3.85. The summed E-state index contributed by atoms with van der Waals surface area (Å²) in [5.41, 5.74) is 1.78. The third-order valence-corrected chi connectivity index (χ3v) is 6.61. The van der Waals surface area contributed by atoms with Gasteiger partial charge in [0.25, 0.3) is 0 Å². The predicted octanol–water partition coefficient (Wildman–Crippen LogP) is 3.81. The number of fused-ring (bicyclic) bond motifs is 5. The van der Waals surface area contributed by atoms with E-state index in [-0.39, 0.29) is 18.5 Å². The maximum atomic E-state index is 13.7. The van der Waals surface area contributed by atoms with E-state index in [4.69, 9.17) is 14.2 Å². The van der Waals surface area contributed by atoms with Gasteiger partial charge in [0, 0.05) is 36.5 Å². The summed E-state index contributed by atoms with van der Waals surface area (Å²) >= 11 is 0. The van der Waals surface area contributed by atoms with Gasteiger partial charge in [-0.1, -0.05) is 32.3 Å². The minimum absolute atomic E-state index is 0.0952. The second-order valence-electron chi connectivity index (χ2n) is 8.69. The van der Waals surface area contributed by atoms with Crippen molar-refractivity contribution in [1.29, 1.82) is 0 Å². The van der Waals surface area contributed by atoms with Gasteiger partial charge in [0.05, 0.1) is 5.69 Å². The number of rotatable bonds is 6. The monoisotopic (exact) mass is 451 g/mol. The fourth-order valence-corrected chi connectivity index (χ4v) is 4.97. The Balaban J connectivity index is 1.49. The lowest BCUT2D eigenvalue weighted by Gasteiger charge is -2.25. The third kappa shape index (κ3) is 3.44. The lowest BCUT2D eigenvalue weighted by atomic mass is 9.76. The van der Waals surface area contributed by atoms with Gasteiger partial charge in [-0.15, -0.1) is 0 Å². The molecule has 1 spiro atoms. The van der Waals surface area contributed by atoms with Gasteiger partial charge in [-0.25, -0.2) is 4.79 Å². The third-order valence-electron chi connectivity index (χ3n) is 6.61. The molecular weight excluding hydrogens is 422 g/mol. The number of anilines is 2. The van der Waals surface area contributed by atoms with Crippen LogP contribution in [0.5, 0.6) is 17.2 Å². The van der Waals surface area contributed by atoms with E-state index in [2.05, 4.69) is 17.6 Å². The highest BCUT2D eigenvalue weighted by molar-refractivity contribution is 6.13. The molecule has 3 amide bonds. The van der Waals surface area contributed by atoms with Gasteiger partial charge in [0.15, 0.2) is 11.5 Å². The van der Waals surface area contributed by atoms with Crippen LogP contribution in [0.1, 0.15) is 43.7 Å². The van der Waals surface area contributed by atoms with Gasteiger partial charge in [-0.2, -0.15) is 0 Å². The van der Waals surface area contributed by atoms with Crippen LogP contribution in [-0.4, -0.2) is 45.4 Å². The molecule has 174 valence electrons. The largest absolute Gasteiger partial charge is 0.491 e. The molecule has 3 heterocycles. The number of likely N-dealkylation sites (N-methyl/N-ethyl adjacent to an activating group) is 1. The van der Waals surface area contributed by atoms with Crippen molar-refractivity contribution in [3.63, 3.8) is 0 Å². The molecule has 1 atom stereocenters. The summed E-state index contributed by atoms with van der Waals surface area (Å²) in [5, 5.41) is 5.90. The topological polar surface area (TPSA) is 89.1 Å². The maximum absolute atomic E-state index is 13.7. The van der Waals surface area contributed by atoms with Crippen molar-refractivity contribution < 1.29 is 23.8 Å². The first-order valence-electron chi connectivity index (χ1n) is 11.6. The van der Waals surface area contributed by atoms with Crippen molar-refractivity contribution in [3.8, 4) is 17.2 Å². The summed E-state index contributed by atoms with van der Waals surface area (Å²) < 4.78 is 17.5. The molecule has 2 aromatic carbocycles. The minimum atomic E-state index is -1.06. The van der Waals surface area contributed by atoms with Crippen LogP contribution in [0.3, 0.4) is 0 Å². The number of nitrogens with zero attached hydrogens (tertiary/aromatic N) is 1. The summed E-state index contributed by atoms with van der Waals surface area (Å²) in [4.78, 5) is 28.0. The van der Waals surface area contributed by atoms with Crippen molar-refractivity contribution in [2.75, 3.05) is 43.6 Å². The second kappa shape index (κ2) is 8.50. The average Bonchev–Trinajstić information content (AvgIpc) is 3.30. The second-order valence-corrected chi connectivity index (χ2v) is 8.69. The van der Waals surface area contributed by atoms with Gasteiger partial charge < -0.3 is 29.7 Å². The van der Waals surface area contributed by atoms with Crippen LogP contribution in [-0.2, 0) is 10.2 Å². The number of benzene rings is 2. The van der Waals surface area contributed by atoms with Crippen molar-refractivity contribution >= 4 is 23.3 Å². The van der Waals surface area contributed by atoms with Crippen LogP contribution in [0.25, 0.3) is 0 Å². The number of hydrogen-bond acceptors (Lipinski definition) is 5. The van der Waals surface area contributed by atoms with E-state index in [0.29, 0.717) is 42.7 Å². The molecule has 5 rings (SSSR count). The van der Waals surface area contributed by atoms with Gasteiger partial charge in [-0.3, -0.25) is 4.79 Å². The molecule has 3 aliphatic heterocycles. The molecular formula is C25H29N3O5. The van der Waals surface area contributed by atoms with Crippen LogP contribution >= 0.6 is 0 Å². The molecule has 0 aromatic heterocycles. The fraction of sp³-hybridized carbons (Fsp3) is 0.440. The van der Waals surface area contributed by atoms with Crippen molar-refractivity contribution in [2.24, 2.45) is 0 Å². The van der Waals surface area contributed by atoms with E-state index in [0.717, 1.165) is 42.5 Å². The van der Waals surface area contributed by atoms with Gasteiger partial charge in [0.2, 0.25) is 5.91 Å².